The fourth-order valence-corrected chi connectivity index (χ4v) is 1.86. The number of rotatable bonds is 0. The molecule has 0 fully saturated rings. The van der Waals surface area contributed by atoms with Crippen LogP contribution >= 0.6 is 11.8 Å². The van der Waals surface area contributed by atoms with Gasteiger partial charge in [-0.2, -0.15) is 0 Å². The first-order valence-electron chi connectivity index (χ1n) is 3.28. The molecule has 1 heterocycles. The molecule has 2 aliphatic rings. The van der Waals surface area contributed by atoms with E-state index in [4.69, 9.17) is 4.74 Å². The summed E-state index contributed by atoms with van der Waals surface area (Å²) in [7, 11) is 0. The van der Waals surface area contributed by atoms with Crippen LogP contribution in [0.2, 0.25) is 0 Å². The summed E-state index contributed by atoms with van der Waals surface area (Å²) in [5, 5.41) is 2.49. The van der Waals surface area contributed by atoms with E-state index in [0.29, 0.717) is 5.25 Å². The smallest absolute Gasteiger partial charge is 0.132 e. The van der Waals surface area contributed by atoms with E-state index in [1.54, 1.807) is 18.0 Å². The van der Waals surface area contributed by atoms with Crippen LogP contribution in [-0.2, 0) is 4.74 Å². The van der Waals surface area contributed by atoms with Gasteiger partial charge in [0.25, 0.3) is 0 Å². The third-order valence-corrected chi connectivity index (χ3v) is 2.57. The lowest BCUT2D eigenvalue weighted by Crippen LogP contribution is -2.23. The minimum Gasteiger partial charge on any atom is -0.492 e. The molecule has 0 bridgehead atoms. The highest BCUT2D eigenvalue weighted by Crippen LogP contribution is 2.27. The maximum atomic E-state index is 5.34. The van der Waals surface area contributed by atoms with E-state index in [1.165, 1.54) is 0 Å². The first-order valence-corrected chi connectivity index (χ1v) is 4.22. The van der Waals surface area contributed by atoms with Gasteiger partial charge in [0.15, 0.2) is 0 Å². The van der Waals surface area contributed by atoms with Gasteiger partial charge < -0.3 is 4.74 Å². The molecule has 0 aromatic carbocycles. The molecular weight excluding hydrogens is 144 g/mol. The van der Waals surface area contributed by atoms with E-state index < -0.39 is 0 Å². The van der Waals surface area contributed by atoms with Gasteiger partial charge in [-0.3, -0.25) is 0 Å². The summed E-state index contributed by atoms with van der Waals surface area (Å²) in [6.07, 6.45) is 10.4. The Kier molecular flexibility index (Phi) is 1.55. The van der Waals surface area contributed by atoms with Crippen molar-refractivity contribution in [2.45, 2.75) is 11.4 Å². The van der Waals surface area contributed by atoms with Gasteiger partial charge in [0.2, 0.25) is 0 Å². The lowest BCUT2D eigenvalue weighted by Gasteiger charge is -2.24. The Morgan fingerprint density at radius 2 is 2.10 bits per heavy atom. The lowest BCUT2D eigenvalue weighted by atomic mass is 10.1. The number of hydrogen-bond acceptors (Lipinski definition) is 2. The van der Waals surface area contributed by atoms with Gasteiger partial charge >= 0.3 is 0 Å². The van der Waals surface area contributed by atoms with Crippen LogP contribution in [0.15, 0.2) is 36.0 Å². The van der Waals surface area contributed by atoms with E-state index in [0.717, 1.165) is 0 Å². The number of ether oxygens (including phenoxy) is 1. The van der Waals surface area contributed by atoms with Crippen molar-refractivity contribution >= 4 is 11.8 Å². The van der Waals surface area contributed by atoms with Gasteiger partial charge in [-0.05, 0) is 6.08 Å². The Hall–Kier alpha value is -0.630. The van der Waals surface area contributed by atoms with Crippen LogP contribution in [0.1, 0.15) is 0 Å². The summed E-state index contributed by atoms with van der Waals surface area (Å²) < 4.78 is 5.34. The maximum absolute atomic E-state index is 5.34. The van der Waals surface area contributed by atoms with Gasteiger partial charge in [-0.25, -0.2) is 0 Å². The minimum absolute atomic E-state index is 0.264. The van der Waals surface area contributed by atoms with Crippen molar-refractivity contribution < 1.29 is 4.74 Å². The fraction of sp³-hybridized carbons (Fsp3) is 0.250. The third-order valence-electron chi connectivity index (χ3n) is 1.56. The summed E-state index contributed by atoms with van der Waals surface area (Å²) in [5.74, 6) is 0. The van der Waals surface area contributed by atoms with Crippen LogP contribution in [0.3, 0.4) is 0 Å². The number of fused-ring (bicyclic) bond motifs is 1. The molecule has 0 aromatic rings. The molecule has 1 aliphatic carbocycles. The largest absolute Gasteiger partial charge is 0.492 e. The van der Waals surface area contributed by atoms with E-state index in [9.17, 15) is 0 Å². The van der Waals surface area contributed by atoms with E-state index in [1.807, 2.05) is 11.5 Å². The van der Waals surface area contributed by atoms with Crippen molar-refractivity contribution in [2.75, 3.05) is 0 Å². The zero-order chi connectivity index (χ0) is 6.81. The van der Waals surface area contributed by atoms with Gasteiger partial charge in [-0.1, -0.05) is 18.2 Å². The zero-order valence-electron chi connectivity index (χ0n) is 5.44. The van der Waals surface area contributed by atoms with Crippen molar-refractivity contribution in [3.63, 3.8) is 0 Å². The summed E-state index contributed by atoms with van der Waals surface area (Å²) in [6, 6.07) is 0. The molecule has 0 spiro atoms. The lowest BCUT2D eigenvalue weighted by molar-refractivity contribution is 0.190. The topological polar surface area (TPSA) is 9.23 Å². The molecule has 0 saturated heterocycles. The van der Waals surface area contributed by atoms with Gasteiger partial charge in [0, 0.05) is 5.41 Å². The predicted octanol–water partition coefficient (Wildman–Crippen LogP) is 2.08. The molecule has 0 saturated carbocycles. The Bertz CT molecular complexity index is 183. The molecule has 1 nitrogen and oxygen atoms in total. The second-order valence-corrected chi connectivity index (χ2v) is 3.33. The first-order chi connectivity index (χ1) is 4.97. The van der Waals surface area contributed by atoms with Crippen LogP contribution in [-0.4, -0.2) is 11.4 Å². The Labute approximate surface area is 64.5 Å². The SMILES string of the molecule is C1=CC2OC=CSC2C=C1. The van der Waals surface area contributed by atoms with Gasteiger partial charge in [0.05, 0.1) is 11.5 Å². The van der Waals surface area contributed by atoms with E-state index in [-0.39, 0.29) is 6.10 Å². The molecule has 0 aromatic heterocycles. The average Bonchev–Trinajstić information content (AvgIpc) is 2.05. The standard InChI is InChI=1S/C8H8OS/c1-2-4-8-7(3-1)9-5-6-10-8/h1-8H. The zero-order valence-corrected chi connectivity index (χ0v) is 6.25. The molecule has 0 N–H and O–H groups in total. The fourth-order valence-electron chi connectivity index (χ4n) is 1.06. The Morgan fingerprint density at radius 3 is 3.00 bits per heavy atom. The molecule has 0 amide bonds. The van der Waals surface area contributed by atoms with Crippen LogP contribution in [0.25, 0.3) is 0 Å². The van der Waals surface area contributed by atoms with Gasteiger partial charge in [-0.15, -0.1) is 11.8 Å². The van der Waals surface area contributed by atoms with Crippen LogP contribution in [0.5, 0.6) is 0 Å². The van der Waals surface area contributed by atoms with E-state index in [2.05, 4.69) is 18.2 Å². The van der Waals surface area contributed by atoms with Crippen molar-refractivity contribution in [1.29, 1.82) is 0 Å². The molecule has 2 unspecified atom stereocenters. The number of allylic oxidation sites excluding steroid dienone is 2. The predicted molar refractivity (Wildman–Crippen MR) is 43.7 cm³/mol. The minimum atomic E-state index is 0.264. The molecule has 1 aliphatic heterocycles. The van der Waals surface area contributed by atoms with Crippen molar-refractivity contribution in [2.24, 2.45) is 0 Å². The quantitative estimate of drug-likeness (QED) is 0.525. The van der Waals surface area contributed by atoms with E-state index >= 15 is 0 Å². The van der Waals surface area contributed by atoms with Crippen molar-refractivity contribution in [1.82, 2.24) is 0 Å². The number of hydrogen-bond donors (Lipinski definition) is 0. The highest BCUT2D eigenvalue weighted by molar-refractivity contribution is 8.03. The molecule has 2 rings (SSSR count). The normalized spacial score (nSPS) is 35.2. The average molecular weight is 152 g/mol. The summed E-state index contributed by atoms with van der Waals surface area (Å²) in [4.78, 5) is 0. The Morgan fingerprint density at radius 1 is 1.20 bits per heavy atom. The molecule has 0 radical (unpaired) electrons. The third kappa shape index (κ3) is 0.991. The number of thioether (sulfide) groups is 1. The summed E-state index contributed by atoms with van der Waals surface area (Å²) >= 11 is 1.80. The molecule has 52 valence electrons. The van der Waals surface area contributed by atoms with Crippen molar-refractivity contribution in [3.8, 4) is 0 Å². The first kappa shape index (κ1) is 6.10. The van der Waals surface area contributed by atoms with Crippen LogP contribution < -0.4 is 0 Å². The van der Waals surface area contributed by atoms with Crippen molar-refractivity contribution in [3.05, 3.63) is 36.0 Å². The molecule has 10 heavy (non-hydrogen) atoms. The molecule has 2 heteroatoms. The Balaban J connectivity index is 2.19. The van der Waals surface area contributed by atoms with Crippen LogP contribution in [0, 0.1) is 0 Å². The monoisotopic (exact) mass is 152 g/mol. The summed E-state index contributed by atoms with van der Waals surface area (Å²) in [5.41, 5.74) is 0. The molecule has 2 atom stereocenters. The summed E-state index contributed by atoms with van der Waals surface area (Å²) in [6.45, 7) is 0. The molecular formula is C8H8OS. The van der Waals surface area contributed by atoms with Crippen LogP contribution in [0.4, 0.5) is 0 Å². The second-order valence-electron chi connectivity index (χ2n) is 2.24. The van der Waals surface area contributed by atoms with Gasteiger partial charge in [0.1, 0.15) is 6.10 Å². The second kappa shape index (κ2) is 2.54. The maximum Gasteiger partial charge on any atom is 0.132 e. The highest BCUT2D eigenvalue weighted by Gasteiger charge is 2.20. The highest BCUT2D eigenvalue weighted by atomic mass is 32.2.